The highest BCUT2D eigenvalue weighted by Crippen LogP contribution is 2.21. The molecule has 0 saturated carbocycles. The first-order chi connectivity index (χ1) is 12.4. The monoisotopic (exact) mass is 355 g/mol. The van der Waals surface area contributed by atoms with E-state index in [0.717, 1.165) is 5.56 Å². The molecular formula is C21H25NO4. The molecule has 1 N–H and O–H groups in total. The second kappa shape index (κ2) is 9.04. The number of oxime groups is 1. The first kappa shape index (κ1) is 19.5. The number of ether oxygens (including phenoxy) is 1. The molecule has 0 aliphatic carbocycles. The first-order valence-corrected chi connectivity index (χ1v) is 8.59. The summed E-state index contributed by atoms with van der Waals surface area (Å²) >= 11 is 0. The Balaban J connectivity index is 1.71. The zero-order valence-corrected chi connectivity index (χ0v) is 15.4. The fraction of sp³-hybridized carbons (Fsp3) is 0.333. The Hall–Kier alpha value is -2.82. The van der Waals surface area contributed by atoms with Gasteiger partial charge in [-0.1, -0.05) is 62.3 Å². The van der Waals surface area contributed by atoms with E-state index in [2.05, 4.69) is 38.1 Å². The summed E-state index contributed by atoms with van der Waals surface area (Å²) in [4.78, 5) is 16.3. The van der Waals surface area contributed by atoms with Crippen molar-refractivity contribution in [2.75, 3.05) is 13.2 Å². The van der Waals surface area contributed by atoms with E-state index in [1.807, 2.05) is 12.1 Å². The Morgan fingerprint density at radius 1 is 1.08 bits per heavy atom. The van der Waals surface area contributed by atoms with Gasteiger partial charge >= 0.3 is 5.97 Å². The Morgan fingerprint density at radius 3 is 2.42 bits per heavy atom. The Morgan fingerprint density at radius 2 is 1.77 bits per heavy atom. The highest BCUT2D eigenvalue weighted by atomic mass is 16.6. The van der Waals surface area contributed by atoms with Gasteiger partial charge in [0.2, 0.25) is 0 Å². The van der Waals surface area contributed by atoms with Crippen molar-refractivity contribution in [2.24, 2.45) is 5.16 Å². The van der Waals surface area contributed by atoms with Gasteiger partial charge in [0.25, 0.3) is 0 Å². The van der Waals surface area contributed by atoms with Crippen LogP contribution in [0, 0.1) is 0 Å². The van der Waals surface area contributed by atoms with Crippen LogP contribution >= 0.6 is 0 Å². The summed E-state index contributed by atoms with van der Waals surface area (Å²) in [6, 6.07) is 14.8. The minimum Gasteiger partial charge on any atom is -0.493 e. The molecule has 2 aromatic rings. The molecular weight excluding hydrogens is 330 g/mol. The smallest absolute Gasteiger partial charge is 0.339 e. The summed E-state index contributed by atoms with van der Waals surface area (Å²) in [5.74, 6) is -0.638. The third-order valence-corrected chi connectivity index (χ3v) is 3.81. The van der Waals surface area contributed by atoms with E-state index in [1.165, 1.54) is 11.6 Å². The molecule has 0 atom stereocenters. The number of hydrogen-bond acceptors (Lipinski definition) is 4. The molecule has 0 amide bonds. The Kier molecular flexibility index (Phi) is 6.78. The van der Waals surface area contributed by atoms with Gasteiger partial charge in [-0.25, -0.2) is 4.79 Å². The van der Waals surface area contributed by atoms with Gasteiger partial charge in [-0.3, -0.25) is 0 Å². The quantitative estimate of drug-likeness (QED) is 0.430. The highest BCUT2D eigenvalue weighted by Gasteiger charge is 2.12. The van der Waals surface area contributed by atoms with Gasteiger partial charge in [0, 0.05) is 6.42 Å². The van der Waals surface area contributed by atoms with Crippen LogP contribution in [-0.2, 0) is 10.3 Å². The molecule has 0 radical (unpaired) electrons. The molecule has 5 heteroatoms. The number of aromatic carboxylic acids is 1. The average Bonchev–Trinajstić information content (AvgIpc) is 2.61. The van der Waals surface area contributed by atoms with Gasteiger partial charge in [-0.15, -0.1) is 0 Å². The van der Waals surface area contributed by atoms with E-state index in [0.29, 0.717) is 25.4 Å². The van der Waals surface area contributed by atoms with Crippen molar-refractivity contribution < 1.29 is 19.5 Å². The molecule has 2 aromatic carbocycles. The number of carboxylic acid groups (broad SMARTS) is 1. The minimum atomic E-state index is -1.00. The van der Waals surface area contributed by atoms with Gasteiger partial charge in [-0.05, 0) is 28.7 Å². The van der Waals surface area contributed by atoms with Crippen LogP contribution in [0.2, 0.25) is 0 Å². The lowest BCUT2D eigenvalue weighted by atomic mass is 9.87. The second-order valence-corrected chi connectivity index (χ2v) is 6.94. The standard InChI is InChI=1S/C21H25NO4/c1-21(2,3)17-11-9-16(10-12-17)15-22-26-14-6-13-25-19-8-5-4-7-18(19)20(23)24/h4-5,7-12,15H,6,13-14H2,1-3H3,(H,23,24)/b22-15+. The van der Waals surface area contributed by atoms with Gasteiger partial charge in [-0.2, -0.15) is 0 Å². The van der Waals surface area contributed by atoms with Crippen LogP contribution in [0.4, 0.5) is 0 Å². The summed E-state index contributed by atoms with van der Waals surface area (Å²) in [5, 5.41) is 13.0. The molecule has 5 nitrogen and oxygen atoms in total. The lowest BCUT2D eigenvalue weighted by Gasteiger charge is -2.18. The third-order valence-electron chi connectivity index (χ3n) is 3.81. The van der Waals surface area contributed by atoms with Gasteiger partial charge in [0.05, 0.1) is 12.8 Å². The van der Waals surface area contributed by atoms with E-state index < -0.39 is 5.97 Å². The molecule has 0 heterocycles. The number of benzene rings is 2. The van der Waals surface area contributed by atoms with Crippen LogP contribution in [0.15, 0.2) is 53.7 Å². The predicted molar refractivity (Wildman–Crippen MR) is 102 cm³/mol. The van der Waals surface area contributed by atoms with Crippen molar-refractivity contribution in [1.82, 2.24) is 0 Å². The van der Waals surface area contributed by atoms with Crippen molar-refractivity contribution >= 4 is 12.2 Å². The maximum atomic E-state index is 11.1. The molecule has 0 saturated heterocycles. The number of nitrogens with zero attached hydrogens (tertiary/aromatic N) is 1. The molecule has 26 heavy (non-hydrogen) atoms. The zero-order valence-electron chi connectivity index (χ0n) is 15.4. The maximum absolute atomic E-state index is 11.1. The van der Waals surface area contributed by atoms with E-state index in [1.54, 1.807) is 24.4 Å². The summed E-state index contributed by atoms with van der Waals surface area (Å²) in [7, 11) is 0. The SMILES string of the molecule is CC(C)(C)c1ccc(/C=N/OCCCOc2ccccc2C(=O)O)cc1. The van der Waals surface area contributed by atoms with Crippen LogP contribution in [0.3, 0.4) is 0 Å². The van der Waals surface area contributed by atoms with Crippen molar-refractivity contribution in [3.63, 3.8) is 0 Å². The van der Waals surface area contributed by atoms with Crippen molar-refractivity contribution in [1.29, 1.82) is 0 Å². The predicted octanol–water partition coefficient (Wildman–Crippen LogP) is 4.50. The third kappa shape index (κ3) is 5.92. The normalized spacial score (nSPS) is 11.5. The number of hydrogen-bond donors (Lipinski definition) is 1. The second-order valence-electron chi connectivity index (χ2n) is 6.94. The lowest BCUT2D eigenvalue weighted by molar-refractivity contribution is 0.0691. The number of para-hydroxylation sites is 1. The van der Waals surface area contributed by atoms with Crippen LogP contribution in [-0.4, -0.2) is 30.5 Å². The Bertz CT molecular complexity index is 745. The largest absolute Gasteiger partial charge is 0.493 e. The van der Waals surface area contributed by atoms with Gasteiger partial charge in [0.1, 0.15) is 17.9 Å². The van der Waals surface area contributed by atoms with Gasteiger partial charge in [0.15, 0.2) is 0 Å². The molecule has 0 spiro atoms. The molecule has 0 fully saturated rings. The lowest BCUT2D eigenvalue weighted by Crippen LogP contribution is -2.10. The number of rotatable bonds is 8. The summed E-state index contributed by atoms with van der Waals surface area (Å²) in [5.41, 5.74) is 2.54. The van der Waals surface area contributed by atoms with E-state index in [9.17, 15) is 4.79 Å². The minimum absolute atomic E-state index is 0.130. The molecule has 0 aliphatic heterocycles. The van der Waals surface area contributed by atoms with Crippen molar-refractivity contribution in [3.05, 3.63) is 65.2 Å². The molecule has 0 bridgehead atoms. The first-order valence-electron chi connectivity index (χ1n) is 8.59. The topological polar surface area (TPSA) is 68.1 Å². The zero-order chi connectivity index (χ0) is 19.0. The maximum Gasteiger partial charge on any atom is 0.339 e. The highest BCUT2D eigenvalue weighted by molar-refractivity contribution is 5.90. The van der Waals surface area contributed by atoms with Crippen LogP contribution < -0.4 is 4.74 Å². The molecule has 0 aromatic heterocycles. The summed E-state index contributed by atoms with van der Waals surface area (Å²) in [6.07, 6.45) is 2.28. The molecule has 2 rings (SSSR count). The average molecular weight is 355 g/mol. The summed E-state index contributed by atoms with van der Waals surface area (Å²) in [6.45, 7) is 7.29. The van der Waals surface area contributed by atoms with Crippen LogP contribution in [0.25, 0.3) is 0 Å². The van der Waals surface area contributed by atoms with Crippen LogP contribution in [0.5, 0.6) is 5.75 Å². The van der Waals surface area contributed by atoms with E-state index in [-0.39, 0.29) is 11.0 Å². The molecule has 138 valence electrons. The molecule has 0 unspecified atom stereocenters. The van der Waals surface area contributed by atoms with Crippen molar-refractivity contribution in [2.45, 2.75) is 32.6 Å². The molecule has 0 aliphatic rings. The van der Waals surface area contributed by atoms with Gasteiger partial charge < -0.3 is 14.7 Å². The summed E-state index contributed by atoms with van der Waals surface area (Å²) < 4.78 is 5.50. The number of carboxylic acids is 1. The van der Waals surface area contributed by atoms with E-state index in [4.69, 9.17) is 14.7 Å². The van der Waals surface area contributed by atoms with Crippen LogP contribution in [0.1, 0.15) is 48.7 Å². The Labute approximate surface area is 154 Å². The van der Waals surface area contributed by atoms with E-state index >= 15 is 0 Å². The fourth-order valence-electron chi connectivity index (χ4n) is 2.29. The fourth-order valence-corrected chi connectivity index (χ4v) is 2.29. The number of carbonyl (C=O) groups is 1. The van der Waals surface area contributed by atoms with Crippen molar-refractivity contribution in [3.8, 4) is 5.75 Å².